The van der Waals surface area contributed by atoms with Crippen molar-refractivity contribution in [1.82, 2.24) is 0 Å². The van der Waals surface area contributed by atoms with E-state index in [0.717, 1.165) is 11.1 Å². The van der Waals surface area contributed by atoms with Crippen molar-refractivity contribution in [2.24, 2.45) is 17.6 Å². The molecule has 3 saturated heterocycles. The van der Waals surface area contributed by atoms with Crippen LogP contribution in [0.1, 0.15) is 42.1 Å². The molecule has 0 amide bonds. The van der Waals surface area contributed by atoms with E-state index in [1.807, 2.05) is 19.1 Å². The Hall–Kier alpha value is -3.29. The Morgan fingerprint density at radius 1 is 0.951 bits per heavy atom. The molecule has 0 radical (unpaired) electrons. The third-order valence-corrected chi connectivity index (χ3v) is 8.70. The van der Waals surface area contributed by atoms with Crippen LogP contribution in [0.5, 0.6) is 28.7 Å². The molecule has 0 spiro atoms. The average molecular weight is 572 g/mol. The van der Waals surface area contributed by atoms with E-state index in [2.05, 4.69) is 0 Å². The van der Waals surface area contributed by atoms with Crippen molar-refractivity contribution in [1.29, 1.82) is 0 Å². The number of carbonyl (C=O) groups is 1. The van der Waals surface area contributed by atoms with Crippen LogP contribution in [0.25, 0.3) is 0 Å². The Labute approximate surface area is 236 Å². The molecule has 2 aromatic carbocycles. The third kappa shape index (κ3) is 4.36. The van der Waals surface area contributed by atoms with Crippen molar-refractivity contribution < 1.29 is 52.5 Å². The number of phenolic OH excluding ortho intramolecular Hbond substituents is 1. The fourth-order valence-corrected chi connectivity index (χ4v) is 6.80. The first-order valence-corrected chi connectivity index (χ1v) is 13.7. The Kier molecular flexibility index (Phi) is 6.62. The van der Waals surface area contributed by atoms with Crippen LogP contribution in [0.4, 0.5) is 0 Å². The van der Waals surface area contributed by atoms with Gasteiger partial charge in [-0.05, 0) is 47.9 Å². The number of cyclic esters (lactones) is 1. The molecule has 12 heteroatoms. The number of phenols is 1. The third-order valence-electron chi connectivity index (χ3n) is 8.70. The van der Waals surface area contributed by atoms with Gasteiger partial charge in [-0.2, -0.15) is 0 Å². The normalized spacial score (nSPS) is 35.2. The summed E-state index contributed by atoms with van der Waals surface area (Å²) < 4.78 is 52.5. The van der Waals surface area contributed by atoms with Gasteiger partial charge in [0.05, 0.1) is 39.5 Å². The topological polar surface area (TPSA) is 146 Å². The lowest BCUT2D eigenvalue weighted by Crippen LogP contribution is -2.59. The molecular weight excluding hydrogens is 538 g/mol. The summed E-state index contributed by atoms with van der Waals surface area (Å²) in [6.07, 6.45) is -1.83. The molecule has 5 aliphatic rings. The number of methoxy groups -OCH3 is 2. The van der Waals surface area contributed by atoms with Crippen LogP contribution in [0.15, 0.2) is 24.3 Å². The smallest absolute Gasteiger partial charge is 0.310 e. The quantitative estimate of drug-likeness (QED) is 0.508. The fourth-order valence-electron chi connectivity index (χ4n) is 6.80. The average Bonchev–Trinajstić information content (AvgIpc) is 3.59. The van der Waals surface area contributed by atoms with Crippen LogP contribution in [-0.2, 0) is 28.5 Å². The van der Waals surface area contributed by atoms with E-state index in [1.165, 1.54) is 14.2 Å². The molecule has 3 fully saturated rings. The lowest BCUT2D eigenvalue weighted by Gasteiger charge is -2.46. The molecule has 0 bridgehead atoms. The van der Waals surface area contributed by atoms with Gasteiger partial charge in [0.25, 0.3) is 0 Å². The summed E-state index contributed by atoms with van der Waals surface area (Å²) in [6.45, 7) is 2.44. The molecule has 4 heterocycles. The van der Waals surface area contributed by atoms with E-state index in [1.54, 1.807) is 12.1 Å². The molecule has 1 aliphatic carbocycles. The SMILES string of the molecule is COc1cc([C@@H]2c3cc4c(cc3[C@@H](O[C@H]3C[C@@H](N)C5O[C@H](C)OCC5O3)[C@H]3COC(=O)[C@H]23)OCO4)cc(OC)c1O. The predicted octanol–water partition coefficient (Wildman–Crippen LogP) is 2.33. The number of rotatable bonds is 5. The minimum Gasteiger partial charge on any atom is -0.502 e. The van der Waals surface area contributed by atoms with Gasteiger partial charge in [-0.3, -0.25) is 4.79 Å². The van der Waals surface area contributed by atoms with E-state index in [4.69, 9.17) is 48.4 Å². The number of carbonyl (C=O) groups excluding carboxylic acids is 1. The van der Waals surface area contributed by atoms with Crippen molar-refractivity contribution in [3.63, 3.8) is 0 Å². The largest absolute Gasteiger partial charge is 0.502 e. The van der Waals surface area contributed by atoms with Gasteiger partial charge in [0.1, 0.15) is 12.2 Å². The Balaban J connectivity index is 1.30. The van der Waals surface area contributed by atoms with Crippen LogP contribution >= 0.6 is 0 Å². The standard InChI is InChI=1S/C29H33NO11/c1-12-35-10-22-28(39-12)17(30)8-23(40-22)41-27-15-7-19-18(37-11-38-19)6-14(15)24(25-16(27)9-36-29(25)32)13-4-20(33-2)26(31)21(5-13)34-3/h4-7,12,16-17,22-25,27-28,31H,8-11,30H2,1-3H3/t12-,16+,17-,22?,23+,24-,25+,27-,28?/m1/s1. The number of nitrogens with two attached hydrogens (primary N) is 1. The fraction of sp³-hybridized carbons (Fsp3) is 0.552. The lowest BCUT2D eigenvalue weighted by atomic mass is 9.66. The van der Waals surface area contributed by atoms with Crippen molar-refractivity contribution in [2.75, 3.05) is 34.2 Å². The minimum absolute atomic E-state index is 0.0895. The highest BCUT2D eigenvalue weighted by Gasteiger charge is 2.54. The summed E-state index contributed by atoms with van der Waals surface area (Å²) in [6, 6.07) is 6.91. The maximum absolute atomic E-state index is 13.4. The number of fused-ring (bicyclic) bond motifs is 4. The predicted molar refractivity (Wildman–Crippen MR) is 139 cm³/mol. The number of aromatic hydroxyl groups is 1. The molecule has 12 nitrogen and oxygen atoms in total. The summed E-state index contributed by atoms with van der Waals surface area (Å²) in [5.74, 6) is -0.260. The highest BCUT2D eigenvalue weighted by Crippen LogP contribution is 2.57. The first-order valence-electron chi connectivity index (χ1n) is 13.7. The molecular formula is C29H33NO11. The van der Waals surface area contributed by atoms with Crippen LogP contribution in [0, 0.1) is 11.8 Å². The van der Waals surface area contributed by atoms with Gasteiger partial charge in [0.15, 0.2) is 35.6 Å². The lowest BCUT2D eigenvalue weighted by molar-refractivity contribution is -0.322. The zero-order chi connectivity index (χ0) is 28.4. The number of hydrogen-bond acceptors (Lipinski definition) is 12. The second kappa shape index (κ2) is 10.2. The molecule has 4 aliphatic heterocycles. The molecule has 0 saturated carbocycles. The van der Waals surface area contributed by atoms with Crippen molar-refractivity contribution >= 4 is 5.97 Å². The Bertz CT molecular complexity index is 1330. The summed E-state index contributed by atoms with van der Waals surface area (Å²) in [4.78, 5) is 13.4. The van der Waals surface area contributed by atoms with Crippen molar-refractivity contribution in [2.45, 2.75) is 56.2 Å². The van der Waals surface area contributed by atoms with Crippen LogP contribution in [-0.4, -0.2) is 76.1 Å². The Morgan fingerprint density at radius 2 is 1.66 bits per heavy atom. The van der Waals surface area contributed by atoms with E-state index in [0.29, 0.717) is 30.1 Å². The number of benzene rings is 2. The van der Waals surface area contributed by atoms with Crippen molar-refractivity contribution in [3.8, 4) is 28.7 Å². The van der Waals surface area contributed by atoms with Crippen LogP contribution in [0.3, 0.4) is 0 Å². The molecule has 2 unspecified atom stereocenters. The summed E-state index contributed by atoms with van der Waals surface area (Å²) >= 11 is 0. The highest BCUT2D eigenvalue weighted by atomic mass is 16.7. The maximum Gasteiger partial charge on any atom is 0.310 e. The molecule has 0 aromatic heterocycles. The second-order valence-electron chi connectivity index (χ2n) is 11.0. The molecule has 41 heavy (non-hydrogen) atoms. The van der Waals surface area contributed by atoms with Crippen molar-refractivity contribution in [3.05, 3.63) is 41.0 Å². The zero-order valence-corrected chi connectivity index (χ0v) is 22.9. The summed E-state index contributed by atoms with van der Waals surface area (Å²) in [7, 11) is 2.92. The number of esters is 1. The van der Waals surface area contributed by atoms with Gasteiger partial charge >= 0.3 is 5.97 Å². The van der Waals surface area contributed by atoms with E-state index >= 15 is 0 Å². The van der Waals surface area contributed by atoms with Gasteiger partial charge < -0.3 is 53.5 Å². The monoisotopic (exact) mass is 571 g/mol. The minimum atomic E-state index is -0.656. The molecule has 7 rings (SSSR count). The number of hydrogen-bond donors (Lipinski definition) is 2. The first-order chi connectivity index (χ1) is 19.9. The molecule has 3 N–H and O–H groups in total. The molecule has 2 aromatic rings. The van der Waals surface area contributed by atoms with E-state index < -0.39 is 24.2 Å². The maximum atomic E-state index is 13.4. The summed E-state index contributed by atoms with van der Waals surface area (Å²) in [5, 5.41) is 10.6. The van der Waals surface area contributed by atoms with Gasteiger partial charge in [0, 0.05) is 24.3 Å². The van der Waals surface area contributed by atoms with E-state index in [9.17, 15) is 9.90 Å². The van der Waals surface area contributed by atoms with Gasteiger partial charge in [-0.15, -0.1) is 0 Å². The van der Waals surface area contributed by atoms with Gasteiger partial charge in [-0.1, -0.05) is 0 Å². The molecule has 9 atom stereocenters. The molecule has 220 valence electrons. The van der Waals surface area contributed by atoms with Crippen LogP contribution < -0.4 is 24.7 Å². The highest BCUT2D eigenvalue weighted by molar-refractivity contribution is 5.79. The Morgan fingerprint density at radius 3 is 2.37 bits per heavy atom. The van der Waals surface area contributed by atoms with Gasteiger partial charge in [-0.25, -0.2) is 0 Å². The first kappa shape index (κ1) is 26.6. The van der Waals surface area contributed by atoms with Crippen LogP contribution in [0.2, 0.25) is 0 Å². The zero-order valence-electron chi connectivity index (χ0n) is 22.9. The van der Waals surface area contributed by atoms with Gasteiger partial charge in [0.2, 0.25) is 12.5 Å². The van der Waals surface area contributed by atoms with E-state index in [-0.39, 0.29) is 67.1 Å². The second-order valence-corrected chi connectivity index (χ2v) is 11.0. The summed E-state index contributed by atoms with van der Waals surface area (Å²) in [5.41, 5.74) is 8.86. The number of ether oxygens (including phenoxy) is 9.